The van der Waals surface area contributed by atoms with Gasteiger partial charge in [0.05, 0.1) is 6.54 Å². The molecule has 0 unspecified atom stereocenters. The molecule has 1 N–H and O–H groups in total. The highest BCUT2D eigenvalue weighted by molar-refractivity contribution is 5.92. The number of nitrogens with zero attached hydrogens (tertiary/aromatic N) is 1. The third-order valence-corrected chi connectivity index (χ3v) is 3.84. The standard InChI is InChI=1S/C17H24N2O3/c1-12(2)10-19(14-4-5-14)11-17(20)18-13-3-6-15-16(9-13)22-8-7-21-15/h3,6,9,12,14H,4-5,7-8,10-11H2,1-2H3,(H,18,20). The van der Waals surface area contributed by atoms with E-state index in [1.807, 2.05) is 18.2 Å². The molecule has 1 aromatic carbocycles. The van der Waals surface area contributed by atoms with E-state index >= 15 is 0 Å². The second-order valence-electron chi connectivity index (χ2n) is 6.46. The SMILES string of the molecule is CC(C)CN(CC(=O)Nc1ccc2c(c1)OCCO2)C1CC1. The van der Waals surface area contributed by atoms with Crippen LogP contribution >= 0.6 is 0 Å². The second kappa shape index (κ2) is 6.57. The Labute approximate surface area is 131 Å². The monoisotopic (exact) mass is 304 g/mol. The lowest BCUT2D eigenvalue weighted by molar-refractivity contribution is -0.117. The first-order valence-electron chi connectivity index (χ1n) is 8.05. The number of amides is 1. The van der Waals surface area contributed by atoms with Crippen LogP contribution in [-0.2, 0) is 4.79 Å². The predicted octanol–water partition coefficient (Wildman–Crippen LogP) is 2.52. The van der Waals surface area contributed by atoms with Gasteiger partial charge in [0.15, 0.2) is 11.5 Å². The van der Waals surface area contributed by atoms with E-state index in [1.54, 1.807) is 0 Å². The van der Waals surface area contributed by atoms with Gasteiger partial charge < -0.3 is 14.8 Å². The highest BCUT2D eigenvalue weighted by atomic mass is 16.6. The topological polar surface area (TPSA) is 50.8 Å². The third kappa shape index (κ3) is 3.91. The maximum Gasteiger partial charge on any atom is 0.238 e. The Bertz CT molecular complexity index is 541. The van der Waals surface area contributed by atoms with Crippen molar-refractivity contribution in [3.05, 3.63) is 18.2 Å². The van der Waals surface area contributed by atoms with Crippen LogP contribution in [0.1, 0.15) is 26.7 Å². The maximum absolute atomic E-state index is 12.3. The minimum absolute atomic E-state index is 0.0317. The zero-order valence-corrected chi connectivity index (χ0v) is 13.3. The molecule has 1 amide bonds. The van der Waals surface area contributed by atoms with Crippen LogP contribution in [0.15, 0.2) is 18.2 Å². The van der Waals surface area contributed by atoms with Gasteiger partial charge >= 0.3 is 0 Å². The first kappa shape index (κ1) is 15.2. The Hall–Kier alpha value is -1.75. The van der Waals surface area contributed by atoms with Crippen LogP contribution in [0.5, 0.6) is 11.5 Å². The highest BCUT2D eigenvalue weighted by Crippen LogP contribution is 2.32. The van der Waals surface area contributed by atoms with Crippen LogP contribution in [0.3, 0.4) is 0 Å². The summed E-state index contributed by atoms with van der Waals surface area (Å²) in [5.74, 6) is 2.04. The van der Waals surface area contributed by atoms with Gasteiger partial charge in [-0.3, -0.25) is 9.69 Å². The van der Waals surface area contributed by atoms with Crippen molar-refractivity contribution in [2.75, 3.05) is 31.6 Å². The van der Waals surface area contributed by atoms with Crippen molar-refractivity contribution in [2.45, 2.75) is 32.7 Å². The number of nitrogens with one attached hydrogen (secondary N) is 1. The first-order valence-corrected chi connectivity index (χ1v) is 8.05. The summed E-state index contributed by atoms with van der Waals surface area (Å²) in [5, 5.41) is 2.96. The summed E-state index contributed by atoms with van der Waals surface area (Å²) in [7, 11) is 0. The van der Waals surface area contributed by atoms with Gasteiger partial charge in [-0.2, -0.15) is 0 Å². The number of carbonyl (C=O) groups is 1. The van der Waals surface area contributed by atoms with Crippen molar-refractivity contribution in [2.24, 2.45) is 5.92 Å². The molecule has 3 rings (SSSR count). The molecular formula is C17H24N2O3. The Morgan fingerprint density at radius 2 is 2.00 bits per heavy atom. The van der Waals surface area contributed by atoms with Crippen molar-refractivity contribution < 1.29 is 14.3 Å². The predicted molar refractivity (Wildman–Crippen MR) is 85.5 cm³/mol. The fourth-order valence-corrected chi connectivity index (χ4v) is 2.76. The molecule has 5 nitrogen and oxygen atoms in total. The lowest BCUT2D eigenvalue weighted by Gasteiger charge is -2.23. The molecule has 2 aliphatic rings. The zero-order valence-electron chi connectivity index (χ0n) is 13.3. The number of anilines is 1. The lowest BCUT2D eigenvalue weighted by Crippen LogP contribution is -2.37. The Balaban J connectivity index is 1.58. The quantitative estimate of drug-likeness (QED) is 0.877. The van der Waals surface area contributed by atoms with Gasteiger partial charge in [0.1, 0.15) is 13.2 Å². The molecule has 0 aromatic heterocycles. The fourth-order valence-electron chi connectivity index (χ4n) is 2.76. The molecular weight excluding hydrogens is 280 g/mol. The summed E-state index contributed by atoms with van der Waals surface area (Å²) in [6.45, 7) is 6.93. The van der Waals surface area contributed by atoms with Crippen LogP contribution in [-0.4, -0.2) is 43.2 Å². The number of carbonyl (C=O) groups excluding carboxylic acids is 1. The molecule has 1 aromatic rings. The maximum atomic E-state index is 12.3. The van der Waals surface area contributed by atoms with Crippen LogP contribution in [0.4, 0.5) is 5.69 Å². The lowest BCUT2D eigenvalue weighted by atomic mass is 10.2. The summed E-state index contributed by atoms with van der Waals surface area (Å²) in [5.41, 5.74) is 0.759. The molecule has 0 atom stereocenters. The minimum atomic E-state index is 0.0317. The van der Waals surface area contributed by atoms with Crippen molar-refractivity contribution >= 4 is 11.6 Å². The first-order chi connectivity index (χ1) is 10.6. The molecule has 0 bridgehead atoms. The third-order valence-electron chi connectivity index (χ3n) is 3.84. The number of ether oxygens (including phenoxy) is 2. The summed E-state index contributed by atoms with van der Waals surface area (Å²) in [6, 6.07) is 6.12. The average Bonchev–Trinajstić information content (AvgIpc) is 3.30. The van der Waals surface area contributed by atoms with E-state index in [4.69, 9.17) is 9.47 Å². The molecule has 1 heterocycles. The van der Waals surface area contributed by atoms with E-state index < -0.39 is 0 Å². The van der Waals surface area contributed by atoms with Crippen LogP contribution < -0.4 is 14.8 Å². The van der Waals surface area contributed by atoms with Crippen molar-refractivity contribution in [3.63, 3.8) is 0 Å². The van der Waals surface area contributed by atoms with E-state index in [-0.39, 0.29) is 5.91 Å². The molecule has 1 saturated carbocycles. The highest BCUT2D eigenvalue weighted by Gasteiger charge is 2.30. The van der Waals surface area contributed by atoms with Gasteiger partial charge in [0.2, 0.25) is 5.91 Å². The van der Waals surface area contributed by atoms with E-state index in [2.05, 4.69) is 24.1 Å². The summed E-state index contributed by atoms with van der Waals surface area (Å²) in [6.07, 6.45) is 2.42. The molecule has 22 heavy (non-hydrogen) atoms. The van der Waals surface area contributed by atoms with Crippen LogP contribution in [0.2, 0.25) is 0 Å². The minimum Gasteiger partial charge on any atom is -0.486 e. The average molecular weight is 304 g/mol. The smallest absolute Gasteiger partial charge is 0.238 e. The van der Waals surface area contributed by atoms with Gasteiger partial charge in [0, 0.05) is 24.3 Å². The molecule has 1 fully saturated rings. The summed E-state index contributed by atoms with van der Waals surface area (Å²) in [4.78, 5) is 14.6. The van der Waals surface area contributed by atoms with Gasteiger partial charge in [-0.1, -0.05) is 13.8 Å². The molecule has 5 heteroatoms. The molecule has 1 aliphatic carbocycles. The van der Waals surface area contributed by atoms with Gasteiger partial charge in [-0.15, -0.1) is 0 Å². The molecule has 120 valence electrons. The number of hydrogen-bond acceptors (Lipinski definition) is 4. The summed E-state index contributed by atoms with van der Waals surface area (Å²) < 4.78 is 11.0. The fraction of sp³-hybridized carbons (Fsp3) is 0.588. The van der Waals surface area contributed by atoms with E-state index in [1.165, 1.54) is 12.8 Å². The van der Waals surface area contributed by atoms with Gasteiger partial charge in [0.25, 0.3) is 0 Å². The molecule has 0 saturated heterocycles. The second-order valence-corrected chi connectivity index (χ2v) is 6.46. The van der Waals surface area contributed by atoms with Crippen LogP contribution in [0, 0.1) is 5.92 Å². The molecule has 0 spiro atoms. The van der Waals surface area contributed by atoms with Crippen molar-refractivity contribution in [1.29, 1.82) is 0 Å². The van der Waals surface area contributed by atoms with Crippen molar-refractivity contribution in [3.8, 4) is 11.5 Å². The van der Waals surface area contributed by atoms with E-state index in [0.29, 0.717) is 37.5 Å². The van der Waals surface area contributed by atoms with Crippen molar-refractivity contribution in [1.82, 2.24) is 4.90 Å². The largest absolute Gasteiger partial charge is 0.486 e. The van der Waals surface area contributed by atoms with Gasteiger partial charge in [-0.25, -0.2) is 0 Å². The zero-order chi connectivity index (χ0) is 15.5. The van der Waals surface area contributed by atoms with Crippen LogP contribution in [0.25, 0.3) is 0 Å². The molecule has 1 aliphatic heterocycles. The number of rotatable bonds is 6. The van der Waals surface area contributed by atoms with E-state index in [0.717, 1.165) is 18.0 Å². The van der Waals surface area contributed by atoms with E-state index in [9.17, 15) is 4.79 Å². The summed E-state index contributed by atoms with van der Waals surface area (Å²) >= 11 is 0. The Morgan fingerprint density at radius 3 is 2.68 bits per heavy atom. The van der Waals surface area contributed by atoms with Gasteiger partial charge in [-0.05, 0) is 30.9 Å². The Morgan fingerprint density at radius 1 is 1.27 bits per heavy atom. The molecule has 0 radical (unpaired) electrons. The Kier molecular flexibility index (Phi) is 4.52. The number of fused-ring (bicyclic) bond motifs is 1. The normalized spacial score (nSPS) is 16.9. The number of benzene rings is 1. The number of hydrogen-bond donors (Lipinski definition) is 1.